The molecule has 0 saturated carbocycles. The first kappa shape index (κ1) is 22.4. The lowest BCUT2D eigenvalue weighted by Gasteiger charge is -2.17. The number of ether oxygens (including phenoxy) is 1. The Morgan fingerprint density at radius 1 is 1.00 bits per heavy atom. The molecule has 0 aliphatic rings. The predicted octanol–water partition coefficient (Wildman–Crippen LogP) is 3.50. The molecule has 2 amide bonds. The van der Waals surface area contributed by atoms with Crippen molar-refractivity contribution in [2.75, 3.05) is 6.61 Å². The fourth-order valence-corrected chi connectivity index (χ4v) is 2.86. The highest BCUT2D eigenvalue weighted by molar-refractivity contribution is 6.33. The van der Waals surface area contributed by atoms with Gasteiger partial charge >= 0.3 is 5.97 Å². The maximum Gasteiger partial charge on any atom is 0.328 e. The van der Waals surface area contributed by atoms with Crippen molar-refractivity contribution in [2.45, 2.75) is 39.8 Å². The molecule has 0 saturated heterocycles. The van der Waals surface area contributed by atoms with Crippen LogP contribution in [0.25, 0.3) is 0 Å². The van der Waals surface area contributed by atoms with Crippen LogP contribution < -0.4 is 10.6 Å². The van der Waals surface area contributed by atoms with Crippen LogP contribution in [0.1, 0.15) is 46.9 Å². The SMILES string of the molecule is Cc1ccc([C@@H](C)NC(=O)COC(=O)[C@H](C)NC(=O)c2ccccc2Cl)cc1C. The molecule has 154 valence electrons. The van der Waals surface area contributed by atoms with Gasteiger partial charge in [0.1, 0.15) is 6.04 Å². The number of esters is 1. The Labute approximate surface area is 175 Å². The maximum absolute atomic E-state index is 12.2. The molecule has 0 spiro atoms. The van der Waals surface area contributed by atoms with Gasteiger partial charge in [0.15, 0.2) is 6.61 Å². The van der Waals surface area contributed by atoms with Crippen LogP contribution in [0.3, 0.4) is 0 Å². The molecule has 0 heterocycles. The largest absolute Gasteiger partial charge is 0.454 e. The van der Waals surface area contributed by atoms with Gasteiger partial charge in [-0.15, -0.1) is 0 Å². The van der Waals surface area contributed by atoms with Crippen LogP contribution in [0.5, 0.6) is 0 Å². The zero-order chi connectivity index (χ0) is 21.6. The molecule has 2 aromatic carbocycles. The van der Waals surface area contributed by atoms with Crippen LogP contribution in [-0.4, -0.2) is 30.4 Å². The smallest absolute Gasteiger partial charge is 0.328 e. The Bertz CT molecular complexity index is 913. The quantitative estimate of drug-likeness (QED) is 0.676. The summed E-state index contributed by atoms with van der Waals surface area (Å²) in [5, 5.41) is 5.58. The van der Waals surface area contributed by atoms with Gasteiger partial charge in [-0.25, -0.2) is 4.79 Å². The van der Waals surface area contributed by atoms with Gasteiger partial charge in [0.25, 0.3) is 11.8 Å². The fraction of sp³-hybridized carbons (Fsp3) is 0.318. The maximum atomic E-state index is 12.2. The summed E-state index contributed by atoms with van der Waals surface area (Å²) in [5.74, 6) is -1.62. The van der Waals surface area contributed by atoms with Gasteiger partial charge < -0.3 is 15.4 Å². The van der Waals surface area contributed by atoms with E-state index in [9.17, 15) is 14.4 Å². The molecule has 7 heteroatoms. The number of carbonyl (C=O) groups is 3. The fourth-order valence-electron chi connectivity index (χ4n) is 2.64. The molecule has 0 bridgehead atoms. The van der Waals surface area contributed by atoms with E-state index in [4.69, 9.17) is 16.3 Å². The minimum absolute atomic E-state index is 0.224. The van der Waals surface area contributed by atoms with Crippen molar-refractivity contribution in [3.05, 3.63) is 69.7 Å². The molecule has 0 unspecified atom stereocenters. The lowest BCUT2D eigenvalue weighted by atomic mass is 10.0. The Morgan fingerprint density at radius 3 is 2.34 bits per heavy atom. The first-order chi connectivity index (χ1) is 13.7. The Balaban J connectivity index is 1.82. The van der Waals surface area contributed by atoms with E-state index >= 15 is 0 Å². The summed E-state index contributed by atoms with van der Waals surface area (Å²) in [6.07, 6.45) is 0. The van der Waals surface area contributed by atoms with Gasteiger partial charge in [-0.05, 0) is 56.5 Å². The Morgan fingerprint density at radius 2 is 1.69 bits per heavy atom. The number of rotatable bonds is 7. The summed E-state index contributed by atoms with van der Waals surface area (Å²) in [4.78, 5) is 36.4. The number of hydrogen-bond donors (Lipinski definition) is 2. The number of amides is 2. The van der Waals surface area contributed by atoms with E-state index in [1.165, 1.54) is 12.5 Å². The minimum Gasteiger partial charge on any atom is -0.454 e. The highest BCUT2D eigenvalue weighted by Gasteiger charge is 2.20. The average molecular weight is 417 g/mol. The van der Waals surface area contributed by atoms with Crippen molar-refractivity contribution in [3.8, 4) is 0 Å². The highest BCUT2D eigenvalue weighted by Crippen LogP contribution is 2.17. The first-order valence-electron chi connectivity index (χ1n) is 9.27. The van der Waals surface area contributed by atoms with Crippen molar-refractivity contribution in [1.82, 2.24) is 10.6 Å². The molecule has 29 heavy (non-hydrogen) atoms. The van der Waals surface area contributed by atoms with Gasteiger partial charge in [-0.1, -0.05) is 41.9 Å². The molecule has 0 aromatic heterocycles. The van der Waals surface area contributed by atoms with Crippen LogP contribution in [0, 0.1) is 13.8 Å². The lowest BCUT2D eigenvalue weighted by Crippen LogP contribution is -2.41. The minimum atomic E-state index is -0.927. The van der Waals surface area contributed by atoms with Crippen LogP contribution >= 0.6 is 11.6 Å². The van der Waals surface area contributed by atoms with E-state index in [-0.39, 0.29) is 16.6 Å². The first-order valence-corrected chi connectivity index (χ1v) is 9.65. The van der Waals surface area contributed by atoms with Crippen LogP contribution in [0.4, 0.5) is 0 Å². The van der Waals surface area contributed by atoms with Crippen LogP contribution in [-0.2, 0) is 14.3 Å². The molecular weight excluding hydrogens is 392 g/mol. The third kappa shape index (κ3) is 6.32. The molecule has 2 N–H and O–H groups in total. The molecule has 2 rings (SSSR count). The van der Waals surface area contributed by atoms with Crippen LogP contribution in [0.2, 0.25) is 5.02 Å². The van der Waals surface area contributed by atoms with Crippen molar-refractivity contribution in [3.63, 3.8) is 0 Å². The van der Waals surface area contributed by atoms with Crippen molar-refractivity contribution < 1.29 is 19.1 Å². The Kier molecular flexibility index (Phi) is 7.79. The number of benzene rings is 2. The summed E-state index contributed by atoms with van der Waals surface area (Å²) in [6, 6.07) is 11.3. The second kappa shape index (κ2) is 10.1. The highest BCUT2D eigenvalue weighted by atomic mass is 35.5. The number of nitrogens with one attached hydrogen (secondary N) is 2. The number of hydrogen-bond acceptors (Lipinski definition) is 4. The molecule has 2 atom stereocenters. The molecule has 2 aromatic rings. The van der Waals surface area contributed by atoms with Crippen molar-refractivity contribution in [1.29, 1.82) is 0 Å². The second-order valence-corrected chi connectivity index (χ2v) is 7.32. The van der Waals surface area contributed by atoms with Gasteiger partial charge in [-0.2, -0.15) is 0 Å². The monoisotopic (exact) mass is 416 g/mol. The summed E-state index contributed by atoms with van der Waals surface area (Å²) in [6.45, 7) is 6.93. The Hall–Kier alpha value is -2.86. The summed E-state index contributed by atoms with van der Waals surface area (Å²) >= 11 is 5.97. The molecule has 0 fully saturated rings. The van der Waals surface area contributed by atoms with E-state index in [1.807, 2.05) is 39.0 Å². The zero-order valence-electron chi connectivity index (χ0n) is 16.9. The summed E-state index contributed by atoms with van der Waals surface area (Å²) in [7, 11) is 0. The van der Waals surface area contributed by atoms with E-state index in [2.05, 4.69) is 10.6 Å². The van der Waals surface area contributed by atoms with Gasteiger partial charge in [0.05, 0.1) is 16.6 Å². The predicted molar refractivity (Wildman–Crippen MR) is 112 cm³/mol. The third-order valence-corrected chi connectivity index (χ3v) is 4.90. The van der Waals surface area contributed by atoms with Crippen molar-refractivity contribution >= 4 is 29.4 Å². The van der Waals surface area contributed by atoms with Crippen LogP contribution in [0.15, 0.2) is 42.5 Å². The molecule has 0 radical (unpaired) electrons. The van der Waals surface area contributed by atoms with E-state index in [0.717, 1.165) is 11.1 Å². The lowest BCUT2D eigenvalue weighted by molar-refractivity contribution is -0.150. The molecular formula is C22H25ClN2O4. The standard InChI is InChI=1S/C22H25ClN2O4/c1-13-9-10-17(11-14(13)2)15(3)24-20(26)12-29-22(28)16(4)25-21(27)18-7-5-6-8-19(18)23/h5-11,15-16H,12H2,1-4H3,(H,24,26)(H,25,27)/t15-,16+/m1/s1. The average Bonchev–Trinajstić information content (AvgIpc) is 2.68. The van der Waals surface area contributed by atoms with E-state index < -0.39 is 30.4 Å². The van der Waals surface area contributed by atoms with Gasteiger partial charge in [-0.3, -0.25) is 9.59 Å². The van der Waals surface area contributed by atoms with Crippen molar-refractivity contribution in [2.24, 2.45) is 0 Å². The topological polar surface area (TPSA) is 84.5 Å². The van der Waals surface area contributed by atoms with Gasteiger partial charge in [0, 0.05) is 0 Å². The van der Waals surface area contributed by atoms with E-state index in [1.54, 1.807) is 24.3 Å². The van der Waals surface area contributed by atoms with Gasteiger partial charge in [0.2, 0.25) is 0 Å². The zero-order valence-corrected chi connectivity index (χ0v) is 17.7. The second-order valence-electron chi connectivity index (χ2n) is 6.92. The number of halogens is 1. The summed E-state index contributed by atoms with van der Waals surface area (Å²) < 4.78 is 5.01. The molecule has 0 aliphatic carbocycles. The number of aryl methyl sites for hydroxylation is 2. The summed E-state index contributed by atoms with van der Waals surface area (Å²) in [5.41, 5.74) is 3.54. The number of carbonyl (C=O) groups excluding carboxylic acids is 3. The van der Waals surface area contributed by atoms with E-state index in [0.29, 0.717) is 0 Å². The molecule has 6 nitrogen and oxygen atoms in total. The normalized spacial score (nSPS) is 12.6. The third-order valence-electron chi connectivity index (χ3n) is 4.57. The molecule has 0 aliphatic heterocycles.